The van der Waals surface area contributed by atoms with Crippen molar-refractivity contribution in [1.82, 2.24) is 0 Å². The van der Waals surface area contributed by atoms with Gasteiger partial charge in [0.05, 0.1) is 0 Å². The van der Waals surface area contributed by atoms with Gasteiger partial charge in [0.25, 0.3) is 0 Å². The highest BCUT2D eigenvalue weighted by Gasteiger charge is 1.91. The van der Waals surface area contributed by atoms with Crippen LogP contribution in [0.15, 0.2) is 12.2 Å². The number of carbonyl (C=O) groups is 1. The van der Waals surface area contributed by atoms with Crippen molar-refractivity contribution in [2.24, 2.45) is 0 Å². The lowest BCUT2D eigenvalue weighted by Gasteiger charge is -1.99. The number of hydrogen-bond donors (Lipinski definition) is 3. The van der Waals surface area contributed by atoms with Crippen LogP contribution in [0.1, 0.15) is 85.0 Å². The van der Waals surface area contributed by atoms with Gasteiger partial charge in [-0.1, -0.05) is 59.0 Å². The molecule has 0 aromatic rings. The van der Waals surface area contributed by atoms with Crippen molar-refractivity contribution in [3.8, 4) is 0 Å². The summed E-state index contributed by atoms with van der Waals surface area (Å²) < 4.78 is 5.13. The second-order valence-corrected chi connectivity index (χ2v) is 5.97. The molecule has 0 aromatic heterocycles. The van der Waals surface area contributed by atoms with E-state index in [9.17, 15) is 4.79 Å². The molecule has 0 radical (unpaired) electrons. The minimum Gasteiger partial charge on any atom is -0.478 e. The van der Waals surface area contributed by atoms with Crippen LogP contribution >= 0.6 is 0 Å². The van der Waals surface area contributed by atoms with E-state index < -0.39 is 5.97 Å². The summed E-state index contributed by atoms with van der Waals surface area (Å²) in [7, 11) is 0. The predicted molar refractivity (Wildman–Crippen MR) is 105 cm³/mol. The largest absolute Gasteiger partial charge is 0.478 e. The van der Waals surface area contributed by atoms with Gasteiger partial charge in [0.15, 0.2) is 0 Å². The van der Waals surface area contributed by atoms with Crippen LogP contribution in [0, 0.1) is 0 Å². The van der Waals surface area contributed by atoms with Crippen LogP contribution in [0.2, 0.25) is 0 Å². The highest BCUT2D eigenvalue weighted by Crippen LogP contribution is 2.07. The Bertz CT molecular complexity index is 241. The molecule has 0 bridgehead atoms. The minimum atomic E-state index is -0.935. The summed E-state index contributed by atoms with van der Waals surface area (Å²) in [5.41, 5.74) is 0.176. The van der Waals surface area contributed by atoms with E-state index in [1.165, 1.54) is 32.6 Å². The zero-order chi connectivity index (χ0) is 19.8. The van der Waals surface area contributed by atoms with E-state index in [1.54, 1.807) is 0 Å². The molecule has 0 saturated carbocycles. The maximum Gasteiger partial charge on any atom is 0.330 e. The summed E-state index contributed by atoms with van der Waals surface area (Å²) >= 11 is 0. The first-order chi connectivity index (χ1) is 12.0. The molecule has 0 spiro atoms. The first kappa shape index (κ1) is 28.9. The van der Waals surface area contributed by atoms with Gasteiger partial charge < -0.3 is 20.1 Å². The SMILES string of the molecule is C=C(C)C(=O)O.CCCOCCC.OCCCCCCCCCCO. The number of carboxylic acid groups (broad SMARTS) is 1. The van der Waals surface area contributed by atoms with Crippen molar-refractivity contribution in [2.75, 3.05) is 26.4 Å². The molecule has 0 rings (SSSR count). The van der Waals surface area contributed by atoms with Gasteiger partial charge in [-0.3, -0.25) is 0 Å². The Labute approximate surface area is 155 Å². The Balaban J connectivity index is -0.000000317. The molecule has 0 atom stereocenters. The highest BCUT2D eigenvalue weighted by molar-refractivity contribution is 5.84. The summed E-state index contributed by atoms with van der Waals surface area (Å²) in [5, 5.41) is 24.9. The quantitative estimate of drug-likeness (QED) is 0.311. The molecular weight excluding hydrogens is 320 g/mol. The zero-order valence-electron chi connectivity index (χ0n) is 16.8. The molecule has 3 N–H and O–H groups in total. The van der Waals surface area contributed by atoms with Crippen LogP contribution in [0.5, 0.6) is 0 Å². The zero-order valence-corrected chi connectivity index (χ0v) is 16.8. The standard InChI is InChI=1S/C10H22O2.C6H14O.C4H6O2/c11-9-7-5-3-1-2-4-6-8-10-12;1-3-5-7-6-4-2;1-3(2)4(5)6/h11-12H,1-10H2;3-6H2,1-2H3;1H2,2H3,(H,5,6). The molecule has 0 unspecified atom stereocenters. The average molecular weight is 363 g/mol. The number of rotatable bonds is 14. The van der Waals surface area contributed by atoms with Crippen molar-refractivity contribution in [3.63, 3.8) is 0 Å². The van der Waals surface area contributed by atoms with Crippen LogP contribution in [-0.4, -0.2) is 47.7 Å². The van der Waals surface area contributed by atoms with Gasteiger partial charge in [-0.05, 0) is 32.6 Å². The molecule has 152 valence electrons. The molecule has 0 amide bonds. The van der Waals surface area contributed by atoms with Gasteiger partial charge in [-0.15, -0.1) is 0 Å². The lowest BCUT2D eigenvalue weighted by molar-refractivity contribution is -0.132. The van der Waals surface area contributed by atoms with Crippen molar-refractivity contribution in [2.45, 2.75) is 85.0 Å². The fraction of sp³-hybridized carbons (Fsp3) is 0.850. The average Bonchev–Trinajstić information content (AvgIpc) is 2.59. The Morgan fingerprint density at radius 1 is 0.800 bits per heavy atom. The highest BCUT2D eigenvalue weighted by atomic mass is 16.5. The van der Waals surface area contributed by atoms with Crippen LogP contribution in [0.25, 0.3) is 0 Å². The third-order valence-corrected chi connectivity index (χ3v) is 3.13. The minimum absolute atomic E-state index is 0.176. The van der Waals surface area contributed by atoms with Gasteiger partial charge in [0.2, 0.25) is 0 Å². The third-order valence-electron chi connectivity index (χ3n) is 3.13. The fourth-order valence-corrected chi connectivity index (χ4v) is 1.68. The first-order valence-electron chi connectivity index (χ1n) is 9.66. The normalized spacial score (nSPS) is 9.48. The fourth-order valence-electron chi connectivity index (χ4n) is 1.68. The maximum atomic E-state index is 9.60. The Morgan fingerprint density at radius 3 is 1.28 bits per heavy atom. The molecular formula is C20H42O5. The van der Waals surface area contributed by atoms with E-state index in [4.69, 9.17) is 20.1 Å². The third kappa shape index (κ3) is 39.7. The van der Waals surface area contributed by atoms with E-state index in [1.807, 2.05) is 0 Å². The van der Waals surface area contributed by atoms with E-state index in [0.29, 0.717) is 13.2 Å². The Morgan fingerprint density at radius 2 is 1.08 bits per heavy atom. The molecule has 5 heteroatoms. The maximum absolute atomic E-state index is 9.60. The van der Waals surface area contributed by atoms with Crippen molar-refractivity contribution in [1.29, 1.82) is 0 Å². The molecule has 0 saturated heterocycles. The molecule has 0 heterocycles. The number of hydrogen-bond acceptors (Lipinski definition) is 4. The summed E-state index contributed by atoms with van der Waals surface area (Å²) in [6, 6.07) is 0. The van der Waals surface area contributed by atoms with Gasteiger partial charge in [0.1, 0.15) is 0 Å². The summed E-state index contributed by atoms with van der Waals surface area (Å²) in [5.74, 6) is -0.935. The second-order valence-electron chi connectivity index (χ2n) is 5.97. The van der Waals surface area contributed by atoms with Gasteiger partial charge in [0, 0.05) is 32.0 Å². The number of aliphatic hydroxyl groups is 2. The van der Waals surface area contributed by atoms with Gasteiger partial charge >= 0.3 is 5.97 Å². The van der Waals surface area contributed by atoms with Crippen LogP contribution in [0.3, 0.4) is 0 Å². The predicted octanol–water partition coefficient (Wildman–Crippen LogP) is 4.56. The number of aliphatic carboxylic acids is 1. The number of aliphatic hydroxyl groups excluding tert-OH is 2. The summed E-state index contributed by atoms with van der Waals surface area (Å²) in [6.07, 6.45) is 11.6. The molecule has 0 aliphatic heterocycles. The summed E-state index contributed by atoms with van der Waals surface area (Å²) in [6.45, 7) is 11.4. The van der Waals surface area contributed by atoms with Gasteiger partial charge in [-0.2, -0.15) is 0 Å². The molecule has 0 fully saturated rings. The number of ether oxygens (including phenoxy) is 1. The Kier molecular flexibility index (Phi) is 32.2. The van der Waals surface area contributed by atoms with E-state index >= 15 is 0 Å². The first-order valence-corrected chi connectivity index (χ1v) is 9.66. The smallest absolute Gasteiger partial charge is 0.330 e. The molecule has 0 aliphatic carbocycles. The van der Waals surface area contributed by atoms with E-state index in [0.717, 1.165) is 51.7 Å². The number of unbranched alkanes of at least 4 members (excludes halogenated alkanes) is 7. The summed E-state index contributed by atoms with van der Waals surface area (Å²) in [4.78, 5) is 9.60. The topological polar surface area (TPSA) is 87.0 Å². The van der Waals surface area contributed by atoms with Crippen LogP contribution in [-0.2, 0) is 9.53 Å². The van der Waals surface area contributed by atoms with Crippen LogP contribution < -0.4 is 0 Å². The molecule has 0 aliphatic rings. The Hall–Kier alpha value is -0.910. The lowest BCUT2D eigenvalue weighted by atomic mass is 10.1. The lowest BCUT2D eigenvalue weighted by Crippen LogP contribution is -1.92. The van der Waals surface area contributed by atoms with E-state index in [-0.39, 0.29) is 5.57 Å². The molecule has 5 nitrogen and oxygen atoms in total. The monoisotopic (exact) mass is 362 g/mol. The molecule has 25 heavy (non-hydrogen) atoms. The van der Waals surface area contributed by atoms with E-state index in [2.05, 4.69) is 20.4 Å². The van der Waals surface area contributed by atoms with Crippen LogP contribution in [0.4, 0.5) is 0 Å². The number of carboxylic acids is 1. The molecule has 0 aromatic carbocycles. The van der Waals surface area contributed by atoms with Crippen molar-refractivity contribution < 1.29 is 24.9 Å². The van der Waals surface area contributed by atoms with Crippen molar-refractivity contribution >= 4 is 5.97 Å². The second kappa shape index (κ2) is 27.9. The van der Waals surface area contributed by atoms with Gasteiger partial charge in [-0.25, -0.2) is 4.79 Å². The van der Waals surface area contributed by atoms with Crippen molar-refractivity contribution in [3.05, 3.63) is 12.2 Å².